The summed E-state index contributed by atoms with van der Waals surface area (Å²) >= 11 is 3.10. The second kappa shape index (κ2) is 7.78. The van der Waals surface area contributed by atoms with Gasteiger partial charge < -0.3 is 9.88 Å². The number of amides is 1. The van der Waals surface area contributed by atoms with Crippen LogP contribution in [0.3, 0.4) is 0 Å². The Hall–Kier alpha value is -1.34. The van der Waals surface area contributed by atoms with E-state index in [0.717, 1.165) is 22.4 Å². The summed E-state index contributed by atoms with van der Waals surface area (Å²) in [6.07, 6.45) is 0. The molecule has 22 heavy (non-hydrogen) atoms. The van der Waals surface area contributed by atoms with Gasteiger partial charge in [0.15, 0.2) is 11.0 Å². The first-order valence-electron chi connectivity index (χ1n) is 7.44. The Balaban J connectivity index is 2.08. The zero-order valence-corrected chi connectivity index (χ0v) is 15.0. The van der Waals surface area contributed by atoms with E-state index in [1.54, 1.807) is 11.3 Å². The fourth-order valence-electron chi connectivity index (χ4n) is 1.91. The van der Waals surface area contributed by atoms with E-state index in [1.807, 2.05) is 24.4 Å². The topological polar surface area (TPSA) is 59.8 Å². The first-order valence-corrected chi connectivity index (χ1v) is 9.20. The van der Waals surface area contributed by atoms with Crippen molar-refractivity contribution < 1.29 is 4.79 Å². The molecule has 5 nitrogen and oxygen atoms in total. The smallest absolute Gasteiger partial charge is 0.233 e. The monoisotopic (exact) mass is 338 g/mol. The third-order valence-corrected chi connectivity index (χ3v) is 5.06. The molecule has 2 heterocycles. The minimum atomic E-state index is -0.190. The number of hydrogen-bond donors (Lipinski definition) is 1. The fraction of sp³-hybridized carbons (Fsp3) is 0.533. The first kappa shape index (κ1) is 17.0. The Morgan fingerprint density at radius 3 is 2.77 bits per heavy atom. The standard InChI is InChI=1S/C15H22N4OS2/c1-5-19-13(12-7-6-8-21-12)17-18-15(19)22-11(4)14(20)16-9-10(2)3/h6-8,10-11H,5,9H2,1-4H3,(H,16,20). The predicted molar refractivity (Wildman–Crippen MR) is 92.2 cm³/mol. The molecule has 1 amide bonds. The van der Waals surface area contributed by atoms with Crippen LogP contribution in [-0.2, 0) is 11.3 Å². The second-order valence-electron chi connectivity index (χ2n) is 5.43. The van der Waals surface area contributed by atoms with E-state index >= 15 is 0 Å². The minimum absolute atomic E-state index is 0.0435. The maximum absolute atomic E-state index is 12.1. The number of rotatable bonds is 7. The molecule has 1 unspecified atom stereocenters. The molecular weight excluding hydrogens is 316 g/mol. The molecule has 0 fully saturated rings. The normalized spacial score (nSPS) is 12.6. The highest BCUT2D eigenvalue weighted by Gasteiger charge is 2.20. The number of thioether (sulfide) groups is 1. The number of nitrogens with one attached hydrogen (secondary N) is 1. The van der Waals surface area contributed by atoms with Crippen LogP contribution in [-0.4, -0.2) is 32.5 Å². The molecule has 2 aromatic rings. The van der Waals surface area contributed by atoms with Crippen LogP contribution in [0.2, 0.25) is 0 Å². The lowest BCUT2D eigenvalue weighted by atomic mass is 10.2. The largest absolute Gasteiger partial charge is 0.355 e. The Morgan fingerprint density at radius 2 is 2.18 bits per heavy atom. The summed E-state index contributed by atoms with van der Waals surface area (Å²) in [7, 11) is 0. The molecule has 0 radical (unpaired) electrons. The van der Waals surface area contributed by atoms with Crippen LogP contribution in [0.1, 0.15) is 27.7 Å². The molecule has 1 N–H and O–H groups in total. The van der Waals surface area contributed by atoms with Gasteiger partial charge in [0, 0.05) is 13.1 Å². The van der Waals surface area contributed by atoms with E-state index < -0.39 is 0 Å². The molecule has 0 saturated heterocycles. The van der Waals surface area contributed by atoms with Crippen molar-refractivity contribution in [2.45, 2.75) is 44.6 Å². The number of carbonyl (C=O) groups is 1. The molecule has 0 aromatic carbocycles. The minimum Gasteiger partial charge on any atom is -0.355 e. The zero-order chi connectivity index (χ0) is 16.1. The lowest BCUT2D eigenvalue weighted by molar-refractivity contribution is -0.120. The molecule has 2 aromatic heterocycles. The van der Waals surface area contributed by atoms with Gasteiger partial charge in [-0.3, -0.25) is 4.79 Å². The number of nitrogens with zero attached hydrogens (tertiary/aromatic N) is 3. The molecular formula is C15H22N4OS2. The van der Waals surface area contributed by atoms with Crippen LogP contribution in [0.5, 0.6) is 0 Å². The van der Waals surface area contributed by atoms with Crippen molar-refractivity contribution in [1.82, 2.24) is 20.1 Å². The molecule has 0 spiro atoms. The van der Waals surface area contributed by atoms with Gasteiger partial charge in [-0.2, -0.15) is 0 Å². The summed E-state index contributed by atoms with van der Waals surface area (Å²) in [4.78, 5) is 13.2. The van der Waals surface area contributed by atoms with Gasteiger partial charge in [-0.25, -0.2) is 0 Å². The van der Waals surface area contributed by atoms with E-state index in [1.165, 1.54) is 11.8 Å². The van der Waals surface area contributed by atoms with Gasteiger partial charge >= 0.3 is 0 Å². The maximum atomic E-state index is 12.1. The average Bonchev–Trinajstić information content (AvgIpc) is 3.12. The van der Waals surface area contributed by atoms with E-state index in [-0.39, 0.29) is 11.2 Å². The van der Waals surface area contributed by atoms with Crippen molar-refractivity contribution in [2.24, 2.45) is 5.92 Å². The number of carbonyl (C=O) groups excluding carboxylic acids is 1. The van der Waals surface area contributed by atoms with Crippen molar-refractivity contribution in [3.05, 3.63) is 17.5 Å². The zero-order valence-electron chi connectivity index (χ0n) is 13.4. The highest BCUT2D eigenvalue weighted by atomic mass is 32.2. The third-order valence-electron chi connectivity index (χ3n) is 3.11. The van der Waals surface area contributed by atoms with Crippen LogP contribution in [0, 0.1) is 5.92 Å². The van der Waals surface area contributed by atoms with Crippen molar-refractivity contribution in [1.29, 1.82) is 0 Å². The number of aromatic nitrogens is 3. The van der Waals surface area contributed by atoms with Crippen LogP contribution in [0.4, 0.5) is 0 Å². The Labute approximate surface area is 139 Å². The summed E-state index contributed by atoms with van der Waals surface area (Å²) < 4.78 is 2.06. The van der Waals surface area contributed by atoms with Crippen molar-refractivity contribution in [2.75, 3.05) is 6.54 Å². The quantitative estimate of drug-likeness (QED) is 0.787. The van der Waals surface area contributed by atoms with E-state index in [2.05, 4.69) is 40.9 Å². The van der Waals surface area contributed by atoms with Gasteiger partial charge in [-0.05, 0) is 31.2 Å². The summed E-state index contributed by atoms with van der Waals surface area (Å²) in [6.45, 7) is 9.61. The van der Waals surface area contributed by atoms with Gasteiger partial charge in [0.2, 0.25) is 5.91 Å². The maximum Gasteiger partial charge on any atom is 0.233 e. The molecule has 0 aliphatic carbocycles. The van der Waals surface area contributed by atoms with Gasteiger partial charge in [0.25, 0.3) is 0 Å². The number of thiophene rings is 1. The van der Waals surface area contributed by atoms with Crippen LogP contribution in [0.15, 0.2) is 22.7 Å². The lowest BCUT2D eigenvalue weighted by Gasteiger charge is -2.13. The molecule has 120 valence electrons. The molecule has 7 heteroatoms. The van der Waals surface area contributed by atoms with Crippen LogP contribution >= 0.6 is 23.1 Å². The Bertz CT molecular complexity index is 607. The summed E-state index contributed by atoms with van der Waals surface area (Å²) in [5.74, 6) is 1.36. The summed E-state index contributed by atoms with van der Waals surface area (Å²) in [5, 5.41) is 14.1. The van der Waals surface area contributed by atoms with Gasteiger partial charge in [0.05, 0.1) is 10.1 Å². The highest BCUT2D eigenvalue weighted by Crippen LogP contribution is 2.29. The molecule has 0 aliphatic rings. The predicted octanol–water partition coefficient (Wildman–Crippen LogP) is 3.28. The lowest BCUT2D eigenvalue weighted by Crippen LogP contribution is -2.33. The van der Waals surface area contributed by atoms with E-state index in [0.29, 0.717) is 12.5 Å². The molecule has 0 aliphatic heterocycles. The van der Waals surface area contributed by atoms with E-state index in [4.69, 9.17) is 0 Å². The average molecular weight is 339 g/mol. The third kappa shape index (κ3) is 4.10. The summed E-state index contributed by atoms with van der Waals surface area (Å²) in [5.41, 5.74) is 0. The van der Waals surface area contributed by atoms with Crippen molar-refractivity contribution in [3.63, 3.8) is 0 Å². The Morgan fingerprint density at radius 1 is 1.41 bits per heavy atom. The fourth-order valence-corrected chi connectivity index (χ4v) is 3.56. The first-order chi connectivity index (χ1) is 10.5. The molecule has 1 atom stereocenters. The Kier molecular flexibility index (Phi) is 6.02. The molecule has 0 bridgehead atoms. The number of hydrogen-bond acceptors (Lipinski definition) is 5. The summed E-state index contributed by atoms with van der Waals surface area (Å²) in [6, 6.07) is 4.04. The van der Waals surface area contributed by atoms with Crippen LogP contribution < -0.4 is 5.32 Å². The second-order valence-corrected chi connectivity index (χ2v) is 7.68. The van der Waals surface area contributed by atoms with Crippen molar-refractivity contribution >= 4 is 29.0 Å². The SMILES string of the molecule is CCn1c(SC(C)C(=O)NCC(C)C)nnc1-c1cccs1. The van der Waals surface area contributed by atoms with Gasteiger partial charge in [-0.1, -0.05) is 31.7 Å². The molecule has 2 rings (SSSR count). The highest BCUT2D eigenvalue weighted by molar-refractivity contribution is 8.00. The molecule has 0 saturated carbocycles. The van der Waals surface area contributed by atoms with Crippen molar-refractivity contribution in [3.8, 4) is 10.7 Å². The van der Waals surface area contributed by atoms with Gasteiger partial charge in [0.1, 0.15) is 0 Å². The van der Waals surface area contributed by atoms with Gasteiger partial charge in [-0.15, -0.1) is 21.5 Å². The van der Waals surface area contributed by atoms with Crippen LogP contribution in [0.25, 0.3) is 10.7 Å². The van der Waals surface area contributed by atoms with E-state index in [9.17, 15) is 4.79 Å².